The Morgan fingerprint density at radius 1 is 1.05 bits per heavy atom. The third-order valence-corrected chi connectivity index (χ3v) is 6.04. The second-order valence-electron chi connectivity index (χ2n) is 7.79. The van der Waals surface area contributed by atoms with Gasteiger partial charge in [-0.25, -0.2) is 0 Å². The van der Waals surface area contributed by atoms with E-state index in [4.69, 9.17) is 5.73 Å². The Morgan fingerprint density at radius 2 is 1.81 bits per heavy atom. The van der Waals surface area contributed by atoms with Gasteiger partial charge in [0.2, 0.25) is 0 Å². The molecule has 0 aromatic rings. The second kappa shape index (κ2) is 6.53. The third-order valence-electron chi connectivity index (χ3n) is 6.04. The summed E-state index contributed by atoms with van der Waals surface area (Å²) in [4.78, 5) is 8.13. The fourth-order valence-corrected chi connectivity index (χ4v) is 5.00. The number of fused-ring (bicyclic) bond motifs is 1. The van der Waals surface area contributed by atoms with Crippen molar-refractivity contribution in [3.63, 3.8) is 0 Å². The van der Waals surface area contributed by atoms with Crippen LogP contribution in [-0.4, -0.2) is 78.6 Å². The highest BCUT2D eigenvalue weighted by atomic mass is 15.4. The van der Waals surface area contributed by atoms with Gasteiger partial charge in [0.1, 0.15) is 0 Å². The summed E-state index contributed by atoms with van der Waals surface area (Å²) in [5, 5.41) is 0. The molecular formula is C17H34N4. The Labute approximate surface area is 130 Å². The Hall–Kier alpha value is -0.160. The standard InChI is InChI=1S/C17H34N4/c1-15(2)13-19-9-11-21(12-10-19)17(14-18)6-8-20-7-4-3-5-16(17)20/h15-16H,3-14,18H2,1-2H3. The van der Waals surface area contributed by atoms with Gasteiger partial charge in [0.15, 0.2) is 0 Å². The molecule has 3 rings (SSSR count). The van der Waals surface area contributed by atoms with E-state index >= 15 is 0 Å². The lowest BCUT2D eigenvalue weighted by Crippen LogP contribution is -2.65. The third kappa shape index (κ3) is 3.00. The van der Waals surface area contributed by atoms with Crippen LogP contribution in [0.25, 0.3) is 0 Å². The maximum Gasteiger partial charge on any atom is 0.0499 e. The molecule has 3 aliphatic heterocycles. The quantitative estimate of drug-likeness (QED) is 0.845. The van der Waals surface area contributed by atoms with E-state index in [0.29, 0.717) is 0 Å². The van der Waals surface area contributed by atoms with Crippen molar-refractivity contribution >= 4 is 0 Å². The largest absolute Gasteiger partial charge is 0.329 e. The van der Waals surface area contributed by atoms with Crippen molar-refractivity contribution in [1.82, 2.24) is 14.7 Å². The first-order valence-corrected chi connectivity index (χ1v) is 9.07. The molecule has 4 nitrogen and oxygen atoms in total. The normalized spacial score (nSPS) is 36.3. The second-order valence-corrected chi connectivity index (χ2v) is 7.79. The highest BCUT2D eigenvalue weighted by Gasteiger charge is 2.50. The molecule has 0 aromatic carbocycles. The van der Waals surface area contributed by atoms with Crippen molar-refractivity contribution in [2.45, 2.75) is 51.1 Å². The van der Waals surface area contributed by atoms with Crippen LogP contribution < -0.4 is 5.73 Å². The zero-order valence-electron chi connectivity index (χ0n) is 14.1. The molecule has 0 saturated carbocycles. The lowest BCUT2D eigenvalue weighted by atomic mass is 9.83. The smallest absolute Gasteiger partial charge is 0.0499 e. The van der Waals surface area contributed by atoms with Crippen LogP contribution in [0.1, 0.15) is 39.5 Å². The Balaban J connectivity index is 1.64. The molecule has 0 bridgehead atoms. The molecule has 3 saturated heterocycles. The number of hydrogen-bond acceptors (Lipinski definition) is 4. The van der Waals surface area contributed by atoms with Gasteiger partial charge in [0, 0.05) is 57.4 Å². The molecule has 21 heavy (non-hydrogen) atoms. The predicted octanol–water partition coefficient (Wildman–Crippen LogP) is 1.22. The maximum atomic E-state index is 6.34. The van der Waals surface area contributed by atoms with Crippen molar-refractivity contribution in [2.24, 2.45) is 11.7 Å². The summed E-state index contributed by atoms with van der Waals surface area (Å²) in [5.74, 6) is 0.778. The molecule has 0 amide bonds. The molecule has 2 unspecified atom stereocenters. The zero-order chi connectivity index (χ0) is 14.9. The van der Waals surface area contributed by atoms with Crippen molar-refractivity contribution in [1.29, 1.82) is 0 Å². The van der Waals surface area contributed by atoms with Crippen LogP contribution >= 0.6 is 0 Å². The molecule has 0 aliphatic carbocycles. The van der Waals surface area contributed by atoms with Gasteiger partial charge in [-0.15, -0.1) is 0 Å². The van der Waals surface area contributed by atoms with E-state index in [1.165, 1.54) is 71.5 Å². The minimum absolute atomic E-state index is 0.282. The molecule has 2 atom stereocenters. The Morgan fingerprint density at radius 3 is 2.48 bits per heavy atom. The van der Waals surface area contributed by atoms with Crippen LogP contribution in [0.15, 0.2) is 0 Å². The summed E-state index contributed by atoms with van der Waals surface area (Å²) in [6.07, 6.45) is 5.44. The lowest BCUT2D eigenvalue weighted by Gasteiger charge is -2.50. The van der Waals surface area contributed by atoms with Gasteiger partial charge in [-0.3, -0.25) is 9.80 Å². The maximum absolute atomic E-state index is 6.34. The summed E-state index contributed by atoms with van der Waals surface area (Å²) in [6, 6.07) is 0.730. The summed E-state index contributed by atoms with van der Waals surface area (Å²) in [7, 11) is 0. The van der Waals surface area contributed by atoms with Gasteiger partial charge in [-0.05, 0) is 31.7 Å². The van der Waals surface area contributed by atoms with E-state index in [2.05, 4.69) is 28.5 Å². The fraction of sp³-hybridized carbons (Fsp3) is 1.00. The van der Waals surface area contributed by atoms with Crippen LogP contribution in [0.3, 0.4) is 0 Å². The number of rotatable bonds is 4. The minimum atomic E-state index is 0.282. The molecule has 3 aliphatic rings. The highest BCUT2D eigenvalue weighted by Crippen LogP contribution is 2.39. The van der Waals surface area contributed by atoms with Gasteiger partial charge in [-0.2, -0.15) is 0 Å². The summed E-state index contributed by atoms with van der Waals surface area (Å²) in [6.45, 7) is 14.2. The van der Waals surface area contributed by atoms with Crippen LogP contribution in [0, 0.1) is 5.92 Å². The number of hydrogen-bond donors (Lipinski definition) is 1. The monoisotopic (exact) mass is 294 g/mol. The molecule has 0 spiro atoms. The van der Waals surface area contributed by atoms with Crippen LogP contribution in [0.4, 0.5) is 0 Å². The first-order valence-electron chi connectivity index (χ1n) is 9.07. The van der Waals surface area contributed by atoms with Gasteiger partial charge in [0.25, 0.3) is 0 Å². The van der Waals surface area contributed by atoms with Crippen molar-refractivity contribution < 1.29 is 0 Å². The van der Waals surface area contributed by atoms with Crippen molar-refractivity contribution in [2.75, 3.05) is 52.4 Å². The molecule has 3 fully saturated rings. The SMILES string of the molecule is CC(C)CN1CCN(C2(CN)CCN3CCCCC32)CC1. The van der Waals surface area contributed by atoms with Crippen LogP contribution in [0.2, 0.25) is 0 Å². The molecule has 122 valence electrons. The molecular weight excluding hydrogens is 260 g/mol. The first kappa shape index (κ1) is 15.7. The summed E-state index contributed by atoms with van der Waals surface area (Å²) >= 11 is 0. The van der Waals surface area contributed by atoms with E-state index in [9.17, 15) is 0 Å². The summed E-state index contributed by atoms with van der Waals surface area (Å²) in [5.41, 5.74) is 6.62. The Kier molecular flexibility index (Phi) is 4.89. The number of piperazine rings is 1. The fourth-order valence-electron chi connectivity index (χ4n) is 5.00. The molecule has 0 aromatic heterocycles. The van der Waals surface area contributed by atoms with Gasteiger partial charge < -0.3 is 10.6 Å². The zero-order valence-corrected chi connectivity index (χ0v) is 14.1. The van der Waals surface area contributed by atoms with Gasteiger partial charge in [-0.1, -0.05) is 20.3 Å². The van der Waals surface area contributed by atoms with Crippen molar-refractivity contribution in [3.8, 4) is 0 Å². The number of piperidine rings is 1. The van der Waals surface area contributed by atoms with E-state index in [0.717, 1.165) is 18.5 Å². The average molecular weight is 294 g/mol. The number of nitrogens with two attached hydrogens (primary N) is 1. The highest BCUT2D eigenvalue weighted by molar-refractivity contribution is 5.09. The van der Waals surface area contributed by atoms with E-state index in [1.54, 1.807) is 0 Å². The average Bonchev–Trinajstić information content (AvgIpc) is 2.87. The number of nitrogens with zero attached hydrogens (tertiary/aromatic N) is 3. The van der Waals surface area contributed by atoms with Crippen LogP contribution in [0.5, 0.6) is 0 Å². The first-order chi connectivity index (χ1) is 10.2. The van der Waals surface area contributed by atoms with Crippen LogP contribution in [-0.2, 0) is 0 Å². The van der Waals surface area contributed by atoms with E-state index in [-0.39, 0.29) is 5.54 Å². The van der Waals surface area contributed by atoms with Gasteiger partial charge in [0.05, 0.1) is 0 Å². The minimum Gasteiger partial charge on any atom is -0.329 e. The Bertz CT molecular complexity index is 338. The molecule has 3 heterocycles. The summed E-state index contributed by atoms with van der Waals surface area (Å²) < 4.78 is 0. The molecule has 0 radical (unpaired) electrons. The molecule has 4 heteroatoms. The van der Waals surface area contributed by atoms with Gasteiger partial charge >= 0.3 is 0 Å². The molecule has 2 N–H and O–H groups in total. The van der Waals surface area contributed by atoms with Crippen molar-refractivity contribution in [3.05, 3.63) is 0 Å². The lowest BCUT2D eigenvalue weighted by molar-refractivity contribution is 0.000828. The van der Waals surface area contributed by atoms with E-state index in [1.807, 2.05) is 0 Å². The van der Waals surface area contributed by atoms with E-state index < -0.39 is 0 Å². The predicted molar refractivity (Wildman–Crippen MR) is 88.5 cm³/mol. The topological polar surface area (TPSA) is 35.7 Å².